The van der Waals surface area contributed by atoms with Crippen molar-refractivity contribution >= 4 is 10.9 Å². The van der Waals surface area contributed by atoms with E-state index in [0.717, 1.165) is 29.6 Å². The number of hydrogen-bond donors (Lipinski definition) is 4. The first-order chi connectivity index (χ1) is 13.6. The van der Waals surface area contributed by atoms with E-state index in [2.05, 4.69) is 34.6 Å². The minimum Gasteiger partial charge on any atom is -0.504 e. The third-order valence-electron chi connectivity index (χ3n) is 7.52. The largest absolute Gasteiger partial charge is 0.504 e. The molecule has 1 saturated heterocycles. The summed E-state index contributed by atoms with van der Waals surface area (Å²) in [5, 5.41) is 28.1. The smallest absolute Gasteiger partial charge is 0.161 e. The summed E-state index contributed by atoms with van der Waals surface area (Å²) in [6, 6.07) is 12.2. The van der Waals surface area contributed by atoms with Crippen LogP contribution in [0.1, 0.15) is 28.8 Å². The fraction of sp³-hybridized carbons (Fsp3) is 0.391. The first-order valence-corrected chi connectivity index (χ1v) is 10.0. The van der Waals surface area contributed by atoms with Crippen molar-refractivity contribution in [1.82, 2.24) is 10.3 Å². The Morgan fingerprint density at radius 2 is 2.00 bits per heavy atom. The van der Waals surface area contributed by atoms with Gasteiger partial charge in [-0.25, -0.2) is 0 Å². The van der Waals surface area contributed by atoms with Gasteiger partial charge in [-0.2, -0.15) is 0 Å². The second-order valence-corrected chi connectivity index (χ2v) is 8.60. The summed E-state index contributed by atoms with van der Waals surface area (Å²) in [5.74, 6) is 0.674. The number of piperidine rings is 1. The Labute approximate surface area is 163 Å². The number of benzene rings is 2. The van der Waals surface area contributed by atoms with E-state index in [1.165, 1.54) is 16.6 Å². The fourth-order valence-corrected chi connectivity index (χ4v) is 6.27. The Bertz CT molecular complexity index is 1120. The Kier molecular flexibility index (Phi) is 3.12. The zero-order valence-electron chi connectivity index (χ0n) is 15.9. The number of nitrogens with one attached hydrogen (secondary N) is 2. The third kappa shape index (κ3) is 1.79. The number of phenols is 1. The molecule has 1 fully saturated rings. The number of hydrogen-bond acceptors (Lipinski definition) is 4. The van der Waals surface area contributed by atoms with Crippen LogP contribution in [-0.2, 0) is 24.7 Å². The number of rotatable bonds is 1. The number of methoxy groups -OCH3 is 1. The molecule has 0 spiro atoms. The van der Waals surface area contributed by atoms with E-state index in [1.807, 2.05) is 12.1 Å². The number of para-hydroxylation sites is 1. The number of H-pyrrole nitrogens is 1. The van der Waals surface area contributed by atoms with E-state index in [0.29, 0.717) is 25.0 Å². The monoisotopic (exact) mass is 376 g/mol. The van der Waals surface area contributed by atoms with Gasteiger partial charge in [0.1, 0.15) is 0 Å². The Morgan fingerprint density at radius 3 is 2.86 bits per heavy atom. The van der Waals surface area contributed by atoms with Crippen molar-refractivity contribution in [2.75, 3.05) is 13.7 Å². The first kappa shape index (κ1) is 16.5. The van der Waals surface area contributed by atoms with Gasteiger partial charge >= 0.3 is 0 Å². The number of aromatic amines is 1. The van der Waals surface area contributed by atoms with E-state index < -0.39 is 11.0 Å². The van der Waals surface area contributed by atoms with Crippen molar-refractivity contribution in [2.24, 2.45) is 0 Å². The number of ether oxygens (including phenoxy) is 1. The van der Waals surface area contributed by atoms with Gasteiger partial charge in [0, 0.05) is 46.5 Å². The molecule has 0 radical (unpaired) electrons. The highest BCUT2D eigenvalue weighted by molar-refractivity contribution is 5.85. The predicted molar refractivity (Wildman–Crippen MR) is 107 cm³/mol. The van der Waals surface area contributed by atoms with Crippen molar-refractivity contribution in [3.8, 4) is 11.5 Å². The Hall–Kier alpha value is -2.50. The van der Waals surface area contributed by atoms with Crippen molar-refractivity contribution in [3.63, 3.8) is 0 Å². The van der Waals surface area contributed by atoms with Crippen LogP contribution in [0.15, 0.2) is 36.4 Å². The summed E-state index contributed by atoms with van der Waals surface area (Å²) in [7, 11) is 1.58. The van der Waals surface area contributed by atoms with Gasteiger partial charge in [-0.3, -0.25) is 0 Å². The number of fused-ring (bicyclic) bond motifs is 4. The fourth-order valence-electron chi connectivity index (χ4n) is 6.27. The summed E-state index contributed by atoms with van der Waals surface area (Å²) < 4.78 is 5.42. The summed E-state index contributed by atoms with van der Waals surface area (Å²) in [6.07, 6.45) is 2.77. The highest BCUT2D eigenvalue weighted by atomic mass is 16.5. The van der Waals surface area contributed by atoms with Crippen LogP contribution in [0.5, 0.6) is 11.5 Å². The maximum Gasteiger partial charge on any atom is 0.161 e. The van der Waals surface area contributed by atoms with E-state index >= 15 is 0 Å². The molecule has 2 aliphatic carbocycles. The van der Waals surface area contributed by atoms with E-state index in [9.17, 15) is 10.2 Å². The molecule has 5 heteroatoms. The molecule has 4 N–H and O–H groups in total. The van der Waals surface area contributed by atoms with Crippen LogP contribution in [0.2, 0.25) is 0 Å². The van der Waals surface area contributed by atoms with Crippen LogP contribution < -0.4 is 10.1 Å². The molecule has 0 unspecified atom stereocenters. The molecule has 28 heavy (non-hydrogen) atoms. The second-order valence-electron chi connectivity index (χ2n) is 8.60. The van der Waals surface area contributed by atoms with E-state index in [4.69, 9.17) is 4.74 Å². The molecule has 5 nitrogen and oxygen atoms in total. The molecule has 1 aromatic heterocycles. The average molecular weight is 376 g/mol. The SMILES string of the molecule is COc1ccc2c(c1O)[C@]13CCN[C@H](C2)[C@]1(O)Cc1c([nH]c2ccccc12)C3. The van der Waals surface area contributed by atoms with Crippen LogP contribution in [0, 0.1) is 0 Å². The molecule has 0 saturated carbocycles. The van der Waals surface area contributed by atoms with Crippen molar-refractivity contribution in [1.29, 1.82) is 0 Å². The van der Waals surface area contributed by atoms with Crippen LogP contribution in [-0.4, -0.2) is 40.5 Å². The molecule has 6 rings (SSSR count). The van der Waals surface area contributed by atoms with Gasteiger partial charge in [0.25, 0.3) is 0 Å². The first-order valence-electron chi connectivity index (χ1n) is 10.0. The van der Waals surface area contributed by atoms with Crippen molar-refractivity contribution in [2.45, 2.75) is 42.7 Å². The number of phenolic OH excluding ortho intramolecular Hbond substituents is 1. The maximum absolute atomic E-state index is 12.2. The lowest BCUT2D eigenvalue weighted by atomic mass is 9.49. The molecule has 2 heterocycles. The molecule has 2 aromatic carbocycles. The predicted octanol–water partition coefficient (Wildman–Crippen LogP) is 2.57. The zero-order valence-corrected chi connectivity index (χ0v) is 15.9. The van der Waals surface area contributed by atoms with Crippen LogP contribution >= 0.6 is 0 Å². The van der Waals surface area contributed by atoms with E-state index in [1.54, 1.807) is 7.11 Å². The highest BCUT2D eigenvalue weighted by Gasteiger charge is 2.64. The van der Waals surface area contributed by atoms with Gasteiger partial charge in [-0.05, 0) is 42.6 Å². The topological polar surface area (TPSA) is 77.5 Å². The molecular weight excluding hydrogens is 352 g/mol. The Balaban J connectivity index is 1.65. The molecule has 3 atom stereocenters. The number of aromatic nitrogens is 1. The maximum atomic E-state index is 12.2. The quantitative estimate of drug-likeness (QED) is 0.526. The highest BCUT2D eigenvalue weighted by Crippen LogP contribution is 2.58. The third-order valence-corrected chi connectivity index (χ3v) is 7.52. The molecule has 2 bridgehead atoms. The zero-order chi connectivity index (χ0) is 19.1. The summed E-state index contributed by atoms with van der Waals surface area (Å²) >= 11 is 0. The van der Waals surface area contributed by atoms with Crippen molar-refractivity contribution in [3.05, 3.63) is 58.8 Å². The second kappa shape index (κ2) is 5.31. The molecule has 0 amide bonds. The van der Waals surface area contributed by atoms with Gasteiger partial charge in [-0.1, -0.05) is 24.3 Å². The molecule has 3 aromatic rings. The summed E-state index contributed by atoms with van der Waals surface area (Å²) in [4.78, 5) is 3.60. The molecule has 144 valence electrons. The van der Waals surface area contributed by atoms with Gasteiger partial charge in [0.2, 0.25) is 0 Å². The van der Waals surface area contributed by atoms with Crippen LogP contribution in [0.25, 0.3) is 10.9 Å². The van der Waals surface area contributed by atoms with Gasteiger partial charge in [-0.15, -0.1) is 0 Å². The number of aromatic hydroxyl groups is 1. The van der Waals surface area contributed by atoms with Crippen molar-refractivity contribution < 1.29 is 14.9 Å². The standard InChI is InChI=1S/C23H24N2O3/c1-28-18-7-6-13-10-19-23(27)11-15-14-4-2-3-5-16(14)25-17(15)12-22(23,8-9-24-19)20(13)21(18)26/h2-7,19,24-27H,8-12H2,1H3/t19-,22-,23-/m1/s1. The summed E-state index contributed by atoms with van der Waals surface area (Å²) in [5.41, 5.74) is 4.04. The lowest BCUT2D eigenvalue weighted by molar-refractivity contribution is -0.106. The minimum atomic E-state index is -0.944. The lowest BCUT2D eigenvalue weighted by Gasteiger charge is -2.60. The van der Waals surface area contributed by atoms with Crippen LogP contribution in [0.4, 0.5) is 0 Å². The van der Waals surface area contributed by atoms with Gasteiger partial charge < -0.3 is 25.3 Å². The van der Waals surface area contributed by atoms with Gasteiger partial charge in [0.05, 0.1) is 12.7 Å². The number of aliphatic hydroxyl groups is 1. The molecular formula is C23H24N2O3. The summed E-state index contributed by atoms with van der Waals surface area (Å²) in [6.45, 7) is 0.832. The molecule has 3 aliphatic rings. The minimum absolute atomic E-state index is 0.0247. The molecule has 1 aliphatic heterocycles. The van der Waals surface area contributed by atoms with Crippen LogP contribution in [0.3, 0.4) is 0 Å². The Morgan fingerprint density at radius 1 is 1.14 bits per heavy atom. The van der Waals surface area contributed by atoms with Gasteiger partial charge in [0.15, 0.2) is 11.5 Å². The normalized spacial score (nSPS) is 30.4. The van der Waals surface area contributed by atoms with E-state index in [-0.39, 0.29) is 11.8 Å². The average Bonchev–Trinajstić information content (AvgIpc) is 3.02. The lowest BCUT2D eigenvalue weighted by Crippen LogP contribution is -2.73.